The van der Waals surface area contributed by atoms with E-state index in [1.807, 2.05) is 60.7 Å². The fraction of sp³-hybridized carbons (Fsp3) is 0.167. The molecule has 0 saturated carbocycles. The number of aromatic nitrogens is 2. The third kappa shape index (κ3) is 4.05. The molecule has 29 heavy (non-hydrogen) atoms. The Bertz CT molecular complexity index is 1170. The number of benzene rings is 2. The van der Waals surface area contributed by atoms with Crippen LogP contribution in [0.5, 0.6) is 0 Å². The third-order valence-corrected chi connectivity index (χ3v) is 4.88. The summed E-state index contributed by atoms with van der Waals surface area (Å²) < 4.78 is 2.06. The molecule has 2 aromatic carbocycles. The molecule has 0 amide bonds. The topological polar surface area (TPSA) is 67.2 Å². The molecule has 0 spiro atoms. The first-order valence-electron chi connectivity index (χ1n) is 9.71. The van der Waals surface area contributed by atoms with Crippen LogP contribution < -0.4 is 10.7 Å². The molecule has 0 aliphatic carbocycles. The monoisotopic (exact) mass is 385 g/mol. The number of nitrogens with zero attached hydrogens (tertiary/aromatic N) is 2. The average molecular weight is 385 g/mol. The average Bonchev–Trinajstić information content (AvgIpc) is 2.74. The van der Waals surface area contributed by atoms with Crippen LogP contribution in [0.2, 0.25) is 0 Å². The Morgan fingerprint density at radius 2 is 1.72 bits per heavy atom. The van der Waals surface area contributed by atoms with Gasteiger partial charge in [-0.3, -0.25) is 14.3 Å². The smallest absolute Gasteiger partial charge is 0.193 e. The number of rotatable bonds is 6. The van der Waals surface area contributed by atoms with E-state index >= 15 is 0 Å². The summed E-state index contributed by atoms with van der Waals surface area (Å²) in [4.78, 5) is 17.2. The maximum atomic E-state index is 12.9. The lowest BCUT2D eigenvalue weighted by molar-refractivity contribution is 0.185. The van der Waals surface area contributed by atoms with Crippen molar-refractivity contribution >= 4 is 22.4 Å². The van der Waals surface area contributed by atoms with Crippen LogP contribution in [-0.4, -0.2) is 20.8 Å². The van der Waals surface area contributed by atoms with E-state index in [-0.39, 0.29) is 5.43 Å². The van der Waals surface area contributed by atoms with Crippen molar-refractivity contribution in [2.75, 3.05) is 5.32 Å². The number of anilines is 2. The van der Waals surface area contributed by atoms with Crippen molar-refractivity contribution in [3.8, 4) is 5.69 Å². The summed E-state index contributed by atoms with van der Waals surface area (Å²) >= 11 is 0. The molecule has 0 radical (unpaired) electrons. The molecule has 0 bridgehead atoms. The summed E-state index contributed by atoms with van der Waals surface area (Å²) in [6.45, 7) is 1.77. The molecular formula is C24H23N3O2. The van der Waals surface area contributed by atoms with Gasteiger partial charge < -0.3 is 10.4 Å². The van der Waals surface area contributed by atoms with Crippen LogP contribution >= 0.6 is 0 Å². The molecule has 0 aliphatic heterocycles. The first-order valence-corrected chi connectivity index (χ1v) is 9.71. The minimum atomic E-state index is -0.423. The van der Waals surface area contributed by atoms with Crippen molar-refractivity contribution in [3.05, 3.63) is 94.9 Å². The van der Waals surface area contributed by atoms with Gasteiger partial charge in [0, 0.05) is 29.8 Å². The third-order valence-electron chi connectivity index (χ3n) is 4.88. The Hall–Kier alpha value is -3.44. The lowest BCUT2D eigenvalue weighted by Crippen LogP contribution is -2.15. The number of hydrogen-bond donors (Lipinski definition) is 2. The Labute approximate surface area is 169 Å². The molecule has 5 nitrogen and oxygen atoms in total. The first kappa shape index (κ1) is 18.9. The number of pyridine rings is 2. The first-order chi connectivity index (χ1) is 14.1. The maximum absolute atomic E-state index is 12.9. The molecule has 0 saturated heterocycles. The lowest BCUT2D eigenvalue weighted by Gasteiger charge is -2.20. The van der Waals surface area contributed by atoms with Crippen LogP contribution in [0, 0.1) is 0 Å². The predicted octanol–water partition coefficient (Wildman–Crippen LogP) is 4.44. The highest BCUT2D eigenvalue weighted by Crippen LogP contribution is 2.27. The fourth-order valence-corrected chi connectivity index (χ4v) is 3.48. The van der Waals surface area contributed by atoms with Crippen molar-refractivity contribution in [1.82, 2.24) is 9.55 Å². The van der Waals surface area contributed by atoms with Crippen LogP contribution in [0.1, 0.15) is 18.9 Å². The van der Waals surface area contributed by atoms with Crippen molar-refractivity contribution in [3.63, 3.8) is 0 Å². The summed E-state index contributed by atoms with van der Waals surface area (Å²) in [7, 11) is 0. The van der Waals surface area contributed by atoms with Crippen LogP contribution in [0.15, 0.2) is 83.9 Å². The standard InChI is InChI=1S/C24H23N3O2/c1-17(28)12-13-18-15-25-16-21-22(29)14-23(26-19-8-4-2-5-9-19)27(24(18)21)20-10-6-3-7-11-20/h2-11,14-17,26,28H,12-13H2,1H3. The van der Waals surface area contributed by atoms with E-state index in [2.05, 4.69) is 14.9 Å². The summed E-state index contributed by atoms with van der Waals surface area (Å²) in [5.74, 6) is 0.685. The van der Waals surface area contributed by atoms with Gasteiger partial charge in [0.1, 0.15) is 5.82 Å². The molecule has 1 atom stereocenters. The van der Waals surface area contributed by atoms with Gasteiger partial charge in [0.15, 0.2) is 5.43 Å². The zero-order chi connectivity index (χ0) is 20.2. The highest BCUT2D eigenvalue weighted by Gasteiger charge is 2.15. The van der Waals surface area contributed by atoms with Crippen LogP contribution in [0.25, 0.3) is 16.6 Å². The highest BCUT2D eigenvalue weighted by atomic mass is 16.3. The Balaban J connectivity index is 1.99. The summed E-state index contributed by atoms with van der Waals surface area (Å²) in [6.07, 6.45) is 4.21. The molecule has 0 aliphatic rings. The molecule has 4 rings (SSSR count). The van der Waals surface area contributed by atoms with Gasteiger partial charge >= 0.3 is 0 Å². The zero-order valence-electron chi connectivity index (χ0n) is 16.2. The van der Waals surface area contributed by atoms with Gasteiger partial charge in [-0.25, -0.2) is 0 Å². The van der Waals surface area contributed by atoms with Gasteiger partial charge in [-0.05, 0) is 49.6 Å². The molecule has 2 N–H and O–H groups in total. The van der Waals surface area contributed by atoms with E-state index in [0.717, 1.165) is 22.5 Å². The second-order valence-corrected chi connectivity index (χ2v) is 7.14. The Kier molecular flexibility index (Phi) is 5.40. The predicted molar refractivity (Wildman–Crippen MR) is 117 cm³/mol. The molecule has 2 heterocycles. The normalized spacial score (nSPS) is 12.1. The fourth-order valence-electron chi connectivity index (χ4n) is 3.48. The van der Waals surface area contributed by atoms with Gasteiger partial charge in [-0.15, -0.1) is 0 Å². The Morgan fingerprint density at radius 3 is 2.41 bits per heavy atom. The van der Waals surface area contributed by atoms with Gasteiger partial charge in [-0.1, -0.05) is 36.4 Å². The van der Waals surface area contributed by atoms with Crippen LogP contribution in [0.3, 0.4) is 0 Å². The van der Waals surface area contributed by atoms with Gasteiger partial charge in [-0.2, -0.15) is 0 Å². The summed E-state index contributed by atoms with van der Waals surface area (Å²) in [6, 6.07) is 21.3. The number of aliphatic hydroxyl groups excluding tert-OH is 1. The van der Waals surface area contributed by atoms with E-state index in [1.165, 1.54) is 0 Å². The van der Waals surface area contributed by atoms with Crippen molar-refractivity contribution in [2.45, 2.75) is 25.9 Å². The van der Waals surface area contributed by atoms with E-state index in [4.69, 9.17) is 0 Å². The molecule has 5 heteroatoms. The van der Waals surface area contributed by atoms with Crippen LogP contribution in [0.4, 0.5) is 11.5 Å². The SMILES string of the molecule is CC(O)CCc1cncc2c(=O)cc(Nc3ccccc3)n(-c3ccccc3)c12. The molecule has 1 unspecified atom stereocenters. The van der Waals surface area contributed by atoms with E-state index in [0.29, 0.717) is 24.0 Å². The number of aliphatic hydroxyl groups is 1. The van der Waals surface area contributed by atoms with Gasteiger partial charge in [0.2, 0.25) is 0 Å². The highest BCUT2D eigenvalue weighted by molar-refractivity contribution is 5.86. The van der Waals surface area contributed by atoms with Crippen molar-refractivity contribution < 1.29 is 5.11 Å². The second-order valence-electron chi connectivity index (χ2n) is 7.14. The number of nitrogens with one attached hydrogen (secondary N) is 1. The van der Waals surface area contributed by atoms with E-state index < -0.39 is 6.10 Å². The largest absolute Gasteiger partial charge is 0.393 e. The number of para-hydroxylation sites is 2. The molecule has 146 valence electrons. The van der Waals surface area contributed by atoms with Gasteiger partial charge in [0.05, 0.1) is 17.0 Å². The maximum Gasteiger partial charge on any atom is 0.193 e. The minimum Gasteiger partial charge on any atom is -0.393 e. The van der Waals surface area contributed by atoms with E-state index in [1.54, 1.807) is 25.4 Å². The quantitative estimate of drug-likeness (QED) is 0.515. The van der Waals surface area contributed by atoms with Crippen molar-refractivity contribution in [1.29, 1.82) is 0 Å². The number of aryl methyl sites for hydroxylation is 1. The van der Waals surface area contributed by atoms with Gasteiger partial charge in [0.25, 0.3) is 0 Å². The molecular weight excluding hydrogens is 362 g/mol. The minimum absolute atomic E-state index is 0.0861. The number of hydrogen-bond acceptors (Lipinski definition) is 4. The molecule has 0 fully saturated rings. The molecule has 2 aromatic heterocycles. The summed E-state index contributed by atoms with van der Waals surface area (Å²) in [5.41, 5.74) is 3.51. The summed E-state index contributed by atoms with van der Waals surface area (Å²) in [5, 5.41) is 13.7. The molecule has 4 aromatic rings. The van der Waals surface area contributed by atoms with Crippen molar-refractivity contribution in [2.24, 2.45) is 0 Å². The second kappa shape index (κ2) is 8.29. The lowest BCUT2D eigenvalue weighted by atomic mass is 10.1. The number of fused-ring (bicyclic) bond motifs is 1. The van der Waals surface area contributed by atoms with E-state index in [9.17, 15) is 9.90 Å². The van der Waals surface area contributed by atoms with Crippen LogP contribution in [-0.2, 0) is 6.42 Å². The zero-order valence-corrected chi connectivity index (χ0v) is 16.2. The Morgan fingerprint density at radius 1 is 1.03 bits per heavy atom.